The summed E-state index contributed by atoms with van der Waals surface area (Å²) in [5, 5.41) is 3.28. The van der Waals surface area contributed by atoms with Crippen molar-refractivity contribution >= 4 is 34.4 Å². The van der Waals surface area contributed by atoms with Gasteiger partial charge in [0.2, 0.25) is 0 Å². The monoisotopic (exact) mass is 636 g/mol. The third-order valence-electron chi connectivity index (χ3n) is 7.37. The summed E-state index contributed by atoms with van der Waals surface area (Å²) in [7, 11) is 0. The smallest absolute Gasteiger partial charge is 0.416 e. The molecule has 230 valence electrons. The Balaban J connectivity index is 1.42. The number of rotatable bonds is 5. The molecule has 13 heteroatoms. The number of piperidine rings is 1. The van der Waals surface area contributed by atoms with E-state index in [-0.39, 0.29) is 48.6 Å². The molecule has 6 nitrogen and oxygen atoms in total. The van der Waals surface area contributed by atoms with Crippen LogP contribution < -0.4 is 10.7 Å². The number of nitrogens with zero attached hydrogens (tertiary/aromatic N) is 1. The molecule has 0 radical (unpaired) electrons. The van der Waals surface area contributed by atoms with E-state index in [1.54, 1.807) is 30.3 Å². The lowest BCUT2D eigenvalue weighted by molar-refractivity contribution is -0.143. The highest BCUT2D eigenvalue weighted by Crippen LogP contribution is 2.37. The molecule has 0 saturated carbocycles. The Morgan fingerprint density at radius 2 is 1.57 bits per heavy atom. The minimum absolute atomic E-state index is 0.0280. The molecule has 0 unspecified atom stereocenters. The maximum absolute atomic E-state index is 13.5. The van der Waals surface area contributed by atoms with Gasteiger partial charge in [-0.25, -0.2) is 0 Å². The van der Waals surface area contributed by atoms with Gasteiger partial charge in [-0.05, 0) is 61.2 Å². The number of halogens is 7. The van der Waals surface area contributed by atoms with Crippen LogP contribution in [0, 0.1) is 0 Å². The van der Waals surface area contributed by atoms with E-state index in [4.69, 9.17) is 16.0 Å². The van der Waals surface area contributed by atoms with Gasteiger partial charge >= 0.3 is 12.4 Å². The Morgan fingerprint density at radius 1 is 0.909 bits per heavy atom. The molecule has 1 saturated heterocycles. The van der Waals surface area contributed by atoms with E-state index >= 15 is 0 Å². The fourth-order valence-corrected chi connectivity index (χ4v) is 5.44. The first kappa shape index (κ1) is 31.1. The highest BCUT2D eigenvalue weighted by atomic mass is 35.5. The summed E-state index contributed by atoms with van der Waals surface area (Å²) < 4.78 is 86.5. The Morgan fingerprint density at radius 3 is 2.20 bits per heavy atom. The van der Waals surface area contributed by atoms with E-state index in [0.29, 0.717) is 17.2 Å². The molecule has 1 aliphatic rings. The molecule has 0 bridgehead atoms. The largest absolute Gasteiger partial charge is 0.451 e. The zero-order valence-corrected chi connectivity index (χ0v) is 23.4. The molecule has 5 rings (SSSR count). The molecule has 1 aromatic heterocycles. The number of hydrogen-bond acceptors (Lipinski definition) is 4. The topological polar surface area (TPSA) is 79.6 Å². The predicted octanol–water partition coefficient (Wildman–Crippen LogP) is 7.13. The van der Waals surface area contributed by atoms with Gasteiger partial charge in [-0.1, -0.05) is 41.9 Å². The average molecular weight is 637 g/mol. The molecule has 1 N–H and O–H groups in total. The van der Waals surface area contributed by atoms with Crippen LogP contribution in [-0.4, -0.2) is 35.3 Å². The van der Waals surface area contributed by atoms with Crippen LogP contribution in [0.15, 0.2) is 82.0 Å². The molecule has 1 aliphatic heterocycles. The summed E-state index contributed by atoms with van der Waals surface area (Å²) in [6, 6.07) is 13.8. The minimum Gasteiger partial charge on any atom is -0.451 e. The van der Waals surface area contributed by atoms with Crippen LogP contribution in [0.5, 0.6) is 0 Å². The number of fused-ring (bicyclic) bond motifs is 1. The zero-order valence-electron chi connectivity index (χ0n) is 22.6. The average Bonchev–Trinajstić information content (AvgIpc) is 2.96. The van der Waals surface area contributed by atoms with Gasteiger partial charge in [-0.15, -0.1) is 0 Å². The van der Waals surface area contributed by atoms with Crippen molar-refractivity contribution in [1.82, 2.24) is 10.2 Å². The number of amides is 2. The second-order valence-electron chi connectivity index (χ2n) is 10.4. The zero-order chi connectivity index (χ0) is 31.8. The van der Waals surface area contributed by atoms with Crippen LogP contribution >= 0.6 is 11.6 Å². The SMILES string of the molecule is O=C(N[C@H]1CCN(C(=O)c2cc(C(F)(F)F)cc(C(F)(F)F)c2)[C@H](Cc2ccccc2)C1)c1cc(=O)c2cc(Cl)ccc2o1. The van der Waals surface area contributed by atoms with Crippen molar-refractivity contribution in [3.63, 3.8) is 0 Å². The van der Waals surface area contributed by atoms with Gasteiger partial charge in [-0.2, -0.15) is 26.3 Å². The molecule has 2 heterocycles. The van der Waals surface area contributed by atoms with E-state index in [9.17, 15) is 40.7 Å². The second kappa shape index (κ2) is 12.0. The van der Waals surface area contributed by atoms with Crippen molar-refractivity contribution in [3.05, 3.63) is 116 Å². The first-order chi connectivity index (χ1) is 20.7. The van der Waals surface area contributed by atoms with Gasteiger partial charge in [-0.3, -0.25) is 14.4 Å². The van der Waals surface area contributed by atoms with Crippen molar-refractivity contribution in [2.45, 2.75) is 43.7 Å². The van der Waals surface area contributed by atoms with Crippen molar-refractivity contribution in [2.75, 3.05) is 6.54 Å². The molecule has 4 aromatic rings. The fraction of sp³-hybridized carbons (Fsp3) is 0.258. The summed E-state index contributed by atoms with van der Waals surface area (Å²) in [4.78, 5) is 40.4. The van der Waals surface area contributed by atoms with E-state index in [1.165, 1.54) is 23.1 Å². The lowest BCUT2D eigenvalue weighted by Crippen LogP contribution is -2.52. The molecule has 0 aliphatic carbocycles. The molecular formula is C31H23ClF6N2O4. The predicted molar refractivity (Wildman–Crippen MR) is 149 cm³/mol. The van der Waals surface area contributed by atoms with E-state index in [2.05, 4.69) is 5.32 Å². The Bertz CT molecular complexity index is 1740. The lowest BCUT2D eigenvalue weighted by atomic mass is 9.91. The molecule has 44 heavy (non-hydrogen) atoms. The maximum Gasteiger partial charge on any atom is 0.416 e. The van der Waals surface area contributed by atoms with Crippen molar-refractivity contribution in [1.29, 1.82) is 0 Å². The van der Waals surface area contributed by atoms with Crippen LogP contribution in [-0.2, 0) is 18.8 Å². The third-order valence-corrected chi connectivity index (χ3v) is 7.61. The van der Waals surface area contributed by atoms with Gasteiger partial charge in [0.1, 0.15) is 5.58 Å². The lowest BCUT2D eigenvalue weighted by Gasteiger charge is -2.40. The van der Waals surface area contributed by atoms with Gasteiger partial charge < -0.3 is 14.6 Å². The van der Waals surface area contributed by atoms with Crippen molar-refractivity contribution in [2.24, 2.45) is 0 Å². The van der Waals surface area contributed by atoms with Gasteiger partial charge in [0.15, 0.2) is 11.2 Å². The quantitative estimate of drug-likeness (QED) is 0.237. The van der Waals surface area contributed by atoms with Crippen molar-refractivity contribution < 1.29 is 40.3 Å². The van der Waals surface area contributed by atoms with Crippen LogP contribution in [0.25, 0.3) is 11.0 Å². The maximum atomic E-state index is 13.5. The summed E-state index contributed by atoms with van der Waals surface area (Å²) in [5.41, 5.74) is -3.49. The van der Waals surface area contributed by atoms with Crippen LogP contribution in [0.2, 0.25) is 5.02 Å². The second-order valence-corrected chi connectivity index (χ2v) is 10.9. The first-order valence-electron chi connectivity index (χ1n) is 13.4. The summed E-state index contributed by atoms with van der Waals surface area (Å²) in [6.45, 7) is -0.0704. The van der Waals surface area contributed by atoms with Crippen molar-refractivity contribution in [3.8, 4) is 0 Å². The molecule has 0 spiro atoms. The van der Waals surface area contributed by atoms with Crippen LogP contribution in [0.1, 0.15) is 50.4 Å². The fourth-order valence-electron chi connectivity index (χ4n) is 5.27. The van der Waals surface area contributed by atoms with Gasteiger partial charge in [0.25, 0.3) is 11.8 Å². The number of hydrogen-bond donors (Lipinski definition) is 1. The minimum atomic E-state index is -5.11. The number of nitrogens with one attached hydrogen (secondary N) is 1. The number of likely N-dealkylation sites (tertiary alicyclic amines) is 1. The molecular weight excluding hydrogens is 614 g/mol. The molecule has 2 atom stereocenters. The Hall–Kier alpha value is -4.32. The highest BCUT2D eigenvalue weighted by Gasteiger charge is 2.39. The molecule has 2 amide bonds. The summed E-state index contributed by atoms with van der Waals surface area (Å²) >= 11 is 5.93. The van der Waals surface area contributed by atoms with Gasteiger partial charge in [0.05, 0.1) is 16.5 Å². The third kappa shape index (κ3) is 6.91. The highest BCUT2D eigenvalue weighted by molar-refractivity contribution is 6.31. The van der Waals surface area contributed by atoms with Gasteiger partial charge in [0, 0.05) is 35.3 Å². The normalized spacial score (nSPS) is 17.5. The Kier molecular flexibility index (Phi) is 8.48. The van der Waals surface area contributed by atoms with E-state index in [1.807, 2.05) is 0 Å². The number of benzene rings is 3. The number of alkyl halides is 6. The van der Waals surface area contributed by atoms with Crippen LogP contribution in [0.4, 0.5) is 26.3 Å². The number of carbonyl (C=O) groups excluding carboxylic acids is 2. The molecule has 3 aromatic carbocycles. The molecule has 1 fully saturated rings. The summed E-state index contributed by atoms with van der Waals surface area (Å²) in [6.07, 6.45) is -9.73. The Labute approximate surface area is 251 Å². The van der Waals surface area contributed by atoms with E-state index in [0.717, 1.165) is 11.6 Å². The first-order valence-corrected chi connectivity index (χ1v) is 13.8. The summed E-state index contributed by atoms with van der Waals surface area (Å²) in [5.74, 6) is -1.95. The van der Waals surface area contributed by atoms with Crippen LogP contribution in [0.3, 0.4) is 0 Å². The van der Waals surface area contributed by atoms with E-state index < -0.39 is 58.4 Å². The number of carbonyl (C=O) groups is 2. The standard InChI is InChI=1S/C31H23ClF6N2O4/c32-21-6-7-26-24(14-21)25(41)16-27(44-26)28(42)39-22-8-9-40(23(15-22)10-17-4-2-1-3-5-17)29(43)18-11-19(30(33,34)35)13-20(12-18)31(36,37)38/h1-7,11-14,16,22-23H,8-10,15H2,(H,39,42)/t22-,23+/m0/s1.